The number of carbonyl (C=O) groups is 2. The van der Waals surface area contributed by atoms with Crippen LogP contribution in [0.25, 0.3) is 0 Å². The third kappa shape index (κ3) is 7.23. The van der Waals surface area contributed by atoms with E-state index in [1.807, 2.05) is 0 Å². The minimum Gasteiger partial charge on any atom is -0.497 e. The van der Waals surface area contributed by atoms with Crippen molar-refractivity contribution in [2.24, 2.45) is 0 Å². The highest BCUT2D eigenvalue weighted by molar-refractivity contribution is 7.92. The fraction of sp³-hybridized carbons (Fsp3) is 0.286. The van der Waals surface area contributed by atoms with Crippen molar-refractivity contribution >= 4 is 50.7 Å². The second-order valence-electron chi connectivity index (χ2n) is 8.56. The standard InChI is InChI=1S/C28H31Cl2N3O5S/c1-4-26(28(35)31-5-2)32(18-23-24(29)12-9-13-25(23)30)27(34)19-33(20-10-7-6-8-11-20)39(36,37)22-16-14-21(38-3)15-17-22/h6-17,26H,4-5,18-19H2,1-3H3,(H,31,35). The number of benzene rings is 3. The highest BCUT2D eigenvalue weighted by Crippen LogP contribution is 2.29. The first-order valence-corrected chi connectivity index (χ1v) is 14.6. The Morgan fingerprint density at radius 1 is 0.923 bits per heavy atom. The van der Waals surface area contributed by atoms with Crippen molar-refractivity contribution in [1.82, 2.24) is 10.2 Å². The third-order valence-corrected chi connectivity index (χ3v) is 8.59. The predicted molar refractivity (Wildman–Crippen MR) is 154 cm³/mol. The van der Waals surface area contributed by atoms with Crippen molar-refractivity contribution in [2.75, 3.05) is 24.5 Å². The lowest BCUT2D eigenvalue weighted by Gasteiger charge is -2.33. The maximum Gasteiger partial charge on any atom is 0.264 e. The van der Waals surface area contributed by atoms with Gasteiger partial charge in [0.05, 0.1) is 17.7 Å². The fourth-order valence-corrected chi connectivity index (χ4v) is 5.99. The summed E-state index contributed by atoms with van der Waals surface area (Å²) in [6.07, 6.45) is 0.288. The zero-order valence-corrected chi connectivity index (χ0v) is 24.3. The molecule has 0 bridgehead atoms. The van der Waals surface area contributed by atoms with Crippen LogP contribution in [0.1, 0.15) is 25.8 Å². The van der Waals surface area contributed by atoms with Gasteiger partial charge in [-0.25, -0.2) is 8.42 Å². The molecule has 0 aliphatic rings. The molecule has 0 saturated heterocycles. The average Bonchev–Trinajstić information content (AvgIpc) is 2.93. The number of ether oxygens (including phenoxy) is 1. The number of rotatable bonds is 12. The lowest BCUT2D eigenvalue weighted by molar-refractivity contribution is -0.140. The van der Waals surface area contributed by atoms with Crippen LogP contribution in [-0.4, -0.2) is 51.4 Å². The molecule has 1 N–H and O–H groups in total. The van der Waals surface area contributed by atoms with Crippen LogP contribution >= 0.6 is 23.2 Å². The van der Waals surface area contributed by atoms with Crippen LogP contribution in [-0.2, 0) is 26.2 Å². The summed E-state index contributed by atoms with van der Waals surface area (Å²) in [7, 11) is -2.70. The minimum absolute atomic E-state index is 0.0172. The average molecular weight is 593 g/mol. The molecule has 3 aromatic carbocycles. The van der Waals surface area contributed by atoms with Crippen LogP contribution in [0.2, 0.25) is 10.0 Å². The van der Waals surface area contributed by atoms with Gasteiger partial charge in [0.2, 0.25) is 11.8 Å². The molecule has 208 valence electrons. The van der Waals surface area contributed by atoms with Crippen LogP contribution in [0.15, 0.2) is 77.7 Å². The van der Waals surface area contributed by atoms with E-state index in [2.05, 4.69) is 5.32 Å². The van der Waals surface area contributed by atoms with Crippen molar-refractivity contribution in [2.45, 2.75) is 37.8 Å². The van der Waals surface area contributed by atoms with Gasteiger partial charge >= 0.3 is 0 Å². The Bertz CT molecular complexity index is 1370. The summed E-state index contributed by atoms with van der Waals surface area (Å²) in [6.45, 7) is 3.28. The normalized spacial score (nSPS) is 11.9. The zero-order chi connectivity index (χ0) is 28.6. The Morgan fingerprint density at radius 2 is 1.54 bits per heavy atom. The number of sulfonamides is 1. The molecule has 2 amide bonds. The number of hydrogen-bond donors (Lipinski definition) is 1. The Morgan fingerprint density at radius 3 is 2.08 bits per heavy atom. The second kappa shape index (κ2) is 13.7. The van der Waals surface area contributed by atoms with E-state index in [1.165, 1.54) is 36.3 Å². The van der Waals surface area contributed by atoms with Crippen molar-refractivity contribution in [3.05, 3.63) is 88.4 Å². The highest BCUT2D eigenvalue weighted by Gasteiger charge is 2.34. The maximum atomic E-state index is 14.0. The lowest BCUT2D eigenvalue weighted by Crippen LogP contribution is -2.52. The summed E-state index contributed by atoms with van der Waals surface area (Å²) in [5.41, 5.74) is 0.754. The zero-order valence-electron chi connectivity index (χ0n) is 21.9. The van der Waals surface area contributed by atoms with Gasteiger partial charge in [-0.3, -0.25) is 13.9 Å². The smallest absolute Gasteiger partial charge is 0.264 e. The summed E-state index contributed by atoms with van der Waals surface area (Å²) in [5.74, 6) is -0.461. The molecule has 39 heavy (non-hydrogen) atoms. The van der Waals surface area contributed by atoms with E-state index in [-0.39, 0.29) is 23.8 Å². The van der Waals surface area contributed by atoms with E-state index >= 15 is 0 Å². The first-order chi connectivity index (χ1) is 18.6. The Hall–Kier alpha value is -3.27. The van der Waals surface area contributed by atoms with Crippen molar-refractivity contribution < 1.29 is 22.7 Å². The predicted octanol–water partition coefficient (Wildman–Crippen LogP) is 5.14. The molecule has 1 atom stereocenters. The second-order valence-corrected chi connectivity index (χ2v) is 11.2. The molecule has 0 aliphatic carbocycles. The molecule has 1 unspecified atom stereocenters. The molecular weight excluding hydrogens is 561 g/mol. The molecule has 8 nitrogen and oxygen atoms in total. The summed E-state index contributed by atoms with van der Waals surface area (Å²) in [5, 5.41) is 3.42. The van der Waals surface area contributed by atoms with Gasteiger partial charge in [-0.15, -0.1) is 0 Å². The van der Waals surface area contributed by atoms with Gasteiger partial charge in [0.15, 0.2) is 0 Å². The lowest BCUT2D eigenvalue weighted by atomic mass is 10.1. The molecule has 0 aromatic heterocycles. The van der Waals surface area contributed by atoms with Crippen molar-refractivity contribution in [1.29, 1.82) is 0 Å². The number of para-hydroxylation sites is 1. The summed E-state index contributed by atoms with van der Waals surface area (Å²) >= 11 is 12.8. The highest BCUT2D eigenvalue weighted by atomic mass is 35.5. The summed E-state index contributed by atoms with van der Waals surface area (Å²) in [6, 6.07) is 18.3. The van der Waals surface area contributed by atoms with Gasteiger partial charge in [0.1, 0.15) is 18.3 Å². The van der Waals surface area contributed by atoms with Crippen LogP contribution < -0.4 is 14.4 Å². The number of carbonyl (C=O) groups excluding carboxylic acids is 2. The SMILES string of the molecule is CCNC(=O)C(CC)N(Cc1c(Cl)cccc1Cl)C(=O)CN(c1ccccc1)S(=O)(=O)c1ccc(OC)cc1. The molecule has 0 spiro atoms. The first kappa shape index (κ1) is 30.3. The largest absolute Gasteiger partial charge is 0.497 e. The van der Waals surface area contributed by atoms with E-state index in [4.69, 9.17) is 27.9 Å². The summed E-state index contributed by atoms with van der Waals surface area (Å²) in [4.78, 5) is 28.3. The molecule has 0 fully saturated rings. The number of nitrogens with zero attached hydrogens (tertiary/aromatic N) is 2. The van der Waals surface area contributed by atoms with Gasteiger partial charge in [-0.2, -0.15) is 0 Å². The molecule has 0 heterocycles. The molecule has 3 rings (SSSR count). The van der Waals surface area contributed by atoms with Crippen molar-refractivity contribution in [3.8, 4) is 5.75 Å². The molecule has 3 aromatic rings. The quantitative estimate of drug-likeness (QED) is 0.314. The maximum absolute atomic E-state index is 14.0. The number of amides is 2. The number of hydrogen-bond acceptors (Lipinski definition) is 5. The topological polar surface area (TPSA) is 96.0 Å². The first-order valence-electron chi connectivity index (χ1n) is 12.4. The molecule has 0 saturated carbocycles. The molecule has 0 radical (unpaired) electrons. The van der Waals surface area contributed by atoms with Gasteiger partial charge in [0, 0.05) is 28.7 Å². The molecular formula is C28H31Cl2N3O5S. The van der Waals surface area contributed by atoms with E-state index in [0.717, 1.165) is 4.31 Å². The van der Waals surface area contributed by atoms with Crippen molar-refractivity contribution in [3.63, 3.8) is 0 Å². The fourth-order valence-electron chi connectivity index (χ4n) is 4.06. The Kier molecular flexibility index (Phi) is 10.6. The Balaban J connectivity index is 2.07. The Labute approximate surface area is 239 Å². The number of nitrogens with one attached hydrogen (secondary N) is 1. The van der Waals surface area contributed by atoms with Gasteiger partial charge in [-0.05, 0) is 61.9 Å². The minimum atomic E-state index is -4.18. The number of anilines is 1. The monoisotopic (exact) mass is 591 g/mol. The van der Waals surface area contributed by atoms with E-state index in [9.17, 15) is 18.0 Å². The van der Waals surface area contributed by atoms with Crippen LogP contribution in [0, 0.1) is 0 Å². The van der Waals surface area contributed by atoms with E-state index in [1.54, 1.807) is 62.4 Å². The van der Waals surface area contributed by atoms with Gasteiger partial charge in [-0.1, -0.05) is 54.4 Å². The van der Waals surface area contributed by atoms with Gasteiger partial charge < -0.3 is 15.0 Å². The number of halogens is 2. The van der Waals surface area contributed by atoms with Crippen LogP contribution in [0.5, 0.6) is 5.75 Å². The van der Waals surface area contributed by atoms with E-state index in [0.29, 0.717) is 33.6 Å². The van der Waals surface area contributed by atoms with Crippen LogP contribution in [0.3, 0.4) is 0 Å². The summed E-state index contributed by atoms with van der Waals surface area (Å²) < 4.78 is 33.8. The van der Waals surface area contributed by atoms with Gasteiger partial charge in [0.25, 0.3) is 10.0 Å². The third-order valence-electron chi connectivity index (χ3n) is 6.10. The van der Waals surface area contributed by atoms with Crippen LogP contribution in [0.4, 0.5) is 5.69 Å². The number of methoxy groups -OCH3 is 1. The number of likely N-dealkylation sites (N-methyl/N-ethyl adjacent to an activating group) is 1. The molecule has 11 heteroatoms. The molecule has 0 aliphatic heterocycles. The van der Waals surface area contributed by atoms with E-state index < -0.39 is 28.5 Å².